The van der Waals surface area contributed by atoms with E-state index >= 15 is 0 Å². The van der Waals surface area contributed by atoms with E-state index in [1.54, 1.807) is 48.5 Å². The van der Waals surface area contributed by atoms with Crippen LogP contribution in [0.1, 0.15) is 11.1 Å². The summed E-state index contributed by atoms with van der Waals surface area (Å²) in [6.07, 6.45) is 1.66. The summed E-state index contributed by atoms with van der Waals surface area (Å²) in [6, 6.07) is 12.1. The van der Waals surface area contributed by atoms with Crippen molar-refractivity contribution >= 4 is 63.8 Å². The van der Waals surface area contributed by atoms with Gasteiger partial charge in [0.05, 0.1) is 11.4 Å². The summed E-state index contributed by atoms with van der Waals surface area (Å²) < 4.78 is 0. The fourth-order valence-electron chi connectivity index (χ4n) is 2.19. The number of thioether (sulfide) groups is 1. The second kappa shape index (κ2) is 7.19. The molecule has 0 radical (unpaired) electrons. The van der Waals surface area contributed by atoms with Crippen molar-refractivity contribution in [2.24, 2.45) is 0 Å². The summed E-state index contributed by atoms with van der Waals surface area (Å²) in [5, 5.41) is 1.09. The lowest BCUT2D eigenvalue weighted by atomic mass is 10.2. The van der Waals surface area contributed by atoms with Crippen molar-refractivity contribution < 1.29 is 9.59 Å². The second-order valence-corrected chi connectivity index (χ2v) is 7.26. The summed E-state index contributed by atoms with van der Waals surface area (Å²) in [4.78, 5) is 26.2. The maximum absolute atomic E-state index is 12.5. The third-order valence-electron chi connectivity index (χ3n) is 3.42. The molecule has 1 heterocycles. The van der Waals surface area contributed by atoms with Gasteiger partial charge in [0.1, 0.15) is 0 Å². The van der Waals surface area contributed by atoms with Crippen molar-refractivity contribution in [3.8, 4) is 0 Å². The summed E-state index contributed by atoms with van der Waals surface area (Å²) in [5.74, 6) is -0.365. The second-order valence-electron chi connectivity index (χ2n) is 5.02. The summed E-state index contributed by atoms with van der Waals surface area (Å²) >= 11 is 19.0. The highest BCUT2D eigenvalue weighted by Gasteiger charge is 2.35. The first-order valence-corrected chi connectivity index (χ1v) is 8.84. The molecule has 24 heavy (non-hydrogen) atoms. The van der Waals surface area contributed by atoms with Crippen LogP contribution in [0.4, 0.5) is 4.79 Å². The number of halogens is 3. The Balaban J connectivity index is 1.85. The fourth-order valence-corrected chi connectivity index (χ4v) is 3.67. The predicted octanol–water partition coefficient (Wildman–Crippen LogP) is 5.88. The number of benzene rings is 2. The van der Waals surface area contributed by atoms with Gasteiger partial charge in [-0.3, -0.25) is 14.5 Å². The van der Waals surface area contributed by atoms with E-state index in [1.165, 1.54) is 0 Å². The van der Waals surface area contributed by atoms with Gasteiger partial charge in [0.25, 0.3) is 11.1 Å². The molecule has 3 rings (SSSR count). The highest BCUT2D eigenvalue weighted by Crippen LogP contribution is 2.35. The molecule has 2 aromatic carbocycles. The van der Waals surface area contributed by atoms with Gasteiger partial charge in [-0.25, -0.2) is 0 Å². The van der Waals surface area contributed by atoms with Crippen LogP contribution in [0.25, 0.3) is 6.08 Å². The number of hydrogen-bond donors (Lipinski definition) is 0. The van der Waals surface area contributed by atoms with E-state index in [2.05, 4.69) is 0 Å². The maximum atomic E-state index is 12.5. The fraction of sp³-hybridized carbons (Fsp3) is 0.0588. The zero-order chi connectivity index (χ0) is 17.3. The molecule has 0 aliphatic carbocycles. The third-order valence-corrected chi connectivity index (χ3v) is 5.29. The Morgan fingerprint density at radius 3 is 2.21 bits per heavy atom. The van der Waals surface area contributed by atoms with Crippen LogP contribution in [0.2, 0.25) is 15.1 Å². The van der Waals surface area contributed by atoms with E-state index in [0.29, 0.717) is 25.5 Å². The van der Waals surface area contributed by atoms with Gasteiger partial charge in [-0.05, 0) is 47.7 Å². The van der Waals surface area contributed by atoms with Crippen molar-refractivity contribution in [3.63, 3.8) is 0 Å². The van der Waals surface area contributed by atoms with Crippen LogP contribution in [0.5, 0.6) is 0 Å². The minimum absolute atomic E-state index is 0.0428. The van der Waals surface area contributed by atoms with Gasteiger partial charge in [0, 0.05) is 20.6 Å². The highest BCUT2D eigenvalue weighted by molar-refractivity contribution is 8.18. The standard InChI is InChI=1S/C17H10Cl3NO2S/c18-11-6-4-10(5-7-11)8-15-16(22)21(17(23)24-15)9-12-13(19)2-1-3-14(12)20/h1-8H,9H2/b15-8-. The number of hydrogen-bond acceptors (Lipinski definition) is 3. The molecular formula is C17H10Cl3NO2S. The summed E-state index contributed by atoms with van der Waals surface area (Å²) in [6.45, 7) is 0.0428. The zero-order valence-electron chi connectivity index (χ0n) is 12.1. The smallest absolute Gasteiger partial charge is 0.268 e. The molecule has 1 saturated heterocycles. The molecule has 0 N–H and O–H groups in total. The molecule has 1 fully saturated rings. The molecule has 0 bridgehead atoms. The first-order valence-electron chi connectivity index (χ1n) is 6.89. The lowest BCUT2D eigenvalue weighted by Gasteiger charge is -2.14. The monoisotopic (exact) mass is 397 g/mol. The quantitative estimate of drug-likeness (QED) is 0.606. The van der Waals surface area contributed by atoms with Gasteiger partial charge in [-0.1, -0.05) is 53.0 Å². The number of amides is 2. The lowest BCUT2D eigenvalue weighted by Crippen LogP contribution is -2.27. The van der Waals surface area contributed by atoms with E-state index < -0.39 is 0 Å². The van der Waals surface area contributed by atoms with Crippen molar-refractivity contribution in [2.75, 3.05) is 0 Å². The van der Waals surface area contributed by atoms with E-state index in [0.717, 1.165) is 22.2 Å². The molecule has 0 saturated carbocycles. The topological polar surface area (TPSA) is 37.4 Å². The van der Waals surface area contributed by atoms with Crippen LogP contribution in [0, 0.1) is 0 Å². The maximum Gasteiger partial charge on any atom is 0.293 e. The Morgan fingerprint density at radius 2 is 1.58 bits per heavy atom. The molecule has 0 unspecified atom stereocenters. The normalized spacial score (nSPS) is 16.3. The lowest BCUT2D eigenvalue weighted by molar-refractivity contribution is -0.123. The SMILES string of the molecule is O=C1S/C(=C\c2ccc(Cl)cc2)C(=O)N1Cc1c(Cl)cccc1Cl. The first-order chi connectivity index (χ1) is 11.5. The van der Waals surface area contributed by atoms with Crippen LogP contribution >= 0.6 is 46.6 Å². The Bertz CT molecular complexity index is 829. The van der Waals surface area contributed by atoms with Crippen molar-refractivity contribution in [2.45, 2.75) is 6.54 Å². The van der Waals surface area contributed by atoms with Gasteiger partial charge in [-0.2, -0.15) is 0 Å². The van der Waals surface area contributed by atoms with Crippen molar-refractivity contribution in [1.29, 1.82) is 0 Å². The van der Waals surface area contributed by atoms with Crippen LogP contribution in [-0.4, -0.2) is 16.0 Å². The number of nitrogens with zero attached hydrogens (tertiary/aromatic N) is 1. The third kappa shape index (κ3) is 3.62. The van der Waals surface area contributed by atoms with Gasteiger partial charge in [-0.15, -0.1) is 0 Å². The molecule has 2 aromatic rings. The molecule has 3 nitrogen and oxygen atoms in total. The van der Waals surface area contributed by atoms with Crippen LogP contribution < -0.4 is 0 Å². The largest absolute Gasteiger partial charge is 0.293 e. The number of rotatable bonds is 3. The van der Waals surface area contributed by atoms with Crippen molar-refractivity contribution in [1.82, 2.24) is 4.90 Å². The van der Waals surface area contributed by atoms with Crippen LogP contribution in [0.3, 0.4) is 0 Å². The Hall–Kier alpha value is -1.46. The average molecular weight is 399 g/mol. The predicted molar refractivity (Wildman–Crippen MR) is 99.4 cm³/mol. The minimum atomic E-state index is -0.365. The number of carbonyl (C=O) groups is 2. The molecule has 1 aliphatic heterocycles. The molecule has 7 heteroatoms. The highest BCUT2D eigenvalue weighted by atomic mass is 35.5. The van der Waals surface area contributed by atoms with Gasteiger partial charge >= 0.3 is 0 Å². The molecule has 0 atom stereocenters. The molecule has 1 aliphatic rings. The zero-order valence-corrected chi connectivity index (χ0v) is 15.2. The molecule has 0 spiro atoms. The number of imide groups is 1. The average Bonchev–Trinajstić information content (AvgIpc) is 2.80. The van der Waals surface area contributed by atoms with E-state index in [1.807, 2.05) is 0 Å². The van der Waals surface area contributed by atoms with E-state index in [-0.39, 0.29) is 17.7 Å². The Labute approximate surface area is 158 Å². The van der Waals surface area contributed by atoms with Crippen LogP contribution in [0.15, 0.2) is 47.4 Å². The van der Waals surface area contributed by atoms with Crippen molar-refractivity contribution in [3.05, 3.63) is 73.6 Å². The van der Waals surface area contributed by atoms with Gasteiger partial charge in [0.15, 0.2) is 0 Å². The number of carbonyl (C=O) groups excluding carboxylic acids is 2. The minimum Gasteiger partial charge on any atom is -0.268 e. The molecule has 0 aromatic heterocycles. The van der Waals surface area contributed by atoms with Gasteiger partial charge < -0.3 is 0 Å². The van der Waals surface area contributed by atoms with Crippen LogP contribution in [-0.2, 0) is 11.3 Å². The first kappa shape index (κ1) is 17.4. The van der Waals surface area contributed by atoms with Gasteiger partial charge in [0.2, 0.25) is 0 Å². The molecule has 2 amide bonds. The Kier molecular flexibility index (Phi) is 5.21. The molecule has 122 valence electrons. The summed E-state index contributed by atoms with van der Waals surface area (Å²) in [5.41, 5.74) is 1.34. The van der Waals surface area contributed by atoms with E-state index in [9.17, 15) is 9.59 Å². The Morgan fingerprint density at radius 1 is 0.958 bits per heavy atom. The van der Waals surface area contributed by atoms with E-state index in [4.69, 9.17) is 34.8 Å². The summed E-state index contributed by atoms with van der Waals surface area (Å²) in [7, 11) is 0. The molecular weight excluding hydrogens is 389 g/mol.